The molecule has 27 heavy (non-hydrogen) atoms. The lowest BCUT2D eigenvalue weighted by molar-refractivity contribution is -0.384. The van der Waals surface area contributed by atoms with Gasteiger partial charge in [0.1, 0.15) is 0 Å². The zero-order valence-electron chi connectivity index (χ0n) is 14.9. The number of hydrogen-bond donors (Lipinski definition) is 2. The quantitative estimate of drug-likeness (QED) is 0.392. The van der Waals surface area contributed by atoms with Crippen LogP contribution in [0.2, 0.25) is 0 Å². The lowest BCUT2D eigenvalue weighted by atomic mass is 10.1. The van der Waals surface area contributed by atoms with E-state index in [1.165, 1.54) is 23.7 Å². The number of aromatic nitrogens is 4. The Morgan fingerprint density at radius 2 is 2.00 bits per heavy atom. The number of H-pyrrole nitrogens is 1. The van der Waals surface area contributed by atoms with Crippen LogP contribution in [-0.4, -0.2) is 29.7 Å². The average Bonchev–Trinajstić information content (AvgIpc) is 3.03. The molecular formula is C16H17N7O4. The second-order valence-corrected chi connectivity index (χ2v) is 5.78. The number of imidazole rings is 1. The molecule has 0 unspecified atom stereocenters. The van der Waals surface area contributed by atoms with Gasteiger partial charge in [0.2, 0.25) is 5.95 Å². The Morgan fingerprint density at radius 1 is 1.33 bits per heavy atom. The van der Waals surface area contributed by atoms with Crippen LogP contribution in [0.25, 0.3) is 11.2 Å². The van der Waals surface area contributed by atoms with Crippen molar-refractivity contribution in [1.29, 1.82) is 0 Å². The van der Waals surface area contributed by atoms with Crippen molar-refractivity contribution in [2.24, 2.45) is 12.1 Å². The summed E-state index contributed by atoms with van der Waals surface area (Å²) in [4.78, 5) is 40.7. The largest absolute Gasteiger partial charge is 0.329 e. The van der Waals surface area contributed by atoms with Crippen molar-refractivity contribution >= 4 is 28.5 Å². The molecule has 3 aromatic rings. The van der Waals surface area contributed by atoms with Gasteiger partial charge in [0.15, 0.2) is 11.2 Å². The molecule has 2 N–H and O–H groups in total. The number of anilines is 1. The number of nitro benzene ring substituents is 1. The summed E-state index contributed by atoms with van der Waals surface area (Å²) in [7, 11) is 1.52. The Hall–Kier alpha value is -3.76. The van der Waals surface area contributed by atoms with Gasteiger partial charge in [-0.15, -0.1) is 0 Å². The highest BCUT2D eigenvalue weighted by molar-refractivity contribution is 5.99. The SMILES string of the molecule is CCn1c(NN=C(C)c2ccc([N+](=O)[O-])cc2)nc2c1c(=O)[nH]c(=O)n2C. The monoisotopic (exact) mass is 371 g/mol. The maximum Gasteiger partial charge on any atom is 0.329 e. The highest BCUT2D eigenvalue weighted by atomic mass is 16.6. The predicted molar refractivity (Wildman–Crippen MR) is 100 cm³/mol. The van der Waals surface area contributed by atoms with Crippen molar-refractivity contribution < 1.29 is 4.92 Å². The number of benzene rings is 1. The summed E-state index contributed by atoms with van der Waals surface area (Å²) < 4.78 is 2.86. The van der Waals surface area contributed by atoms with Crippen LogP contribution < -0.4 is 16.7 Å². The fraction of sp³-hybridized carbons (Fsp3) is 0.250. The molecular weight excluding hydrogens is 354 g/mol. The van der Waals surface area contributed by atoms with E-state index in [-0.39, 0.29) is 16.9 Å². The highest BCUT2D eigenvalue weighted by Crippen LogP contribution is 2.16. The molecule has 0 aliphatic carbocycles. The molecule has 0 spiro atoms. The molecule has 2 aromatic heterocycles. The fourth-order valence-electron chi connectivity index (χ4n) is 2.65. The van der Waals surface area contributed by atoms with Gasteiger partial charge in [-0.2, -0.15) is 10.1 Å². The first-order valence-electron chi connectivity index (χ1n) is 8.08. The van der Waals surface area contributed by atoms with Gasteiger partial charge in [-0.3, -0.25) is 24.5 Å². The van der Waals surface area contributed by atoms with Gasteiger partial charge < -0.3 is 4.57 Å². The molecule has 0 saturated heterocycles. The summed E-state index contributed by atoms with van der Waals surface area (Å²) in [5.74, 6) is 0.306. The van der Waals surface area contributed by atoms with E-state index >= 15 is 0 Å². The summed E-state index contributed by atoms with van der Waals surface area (Å²) in [5, 5.41) is 15.0. The molecule has 1 aromatic carbocycles. The number of non-ortho nitro benzene ring substituents is 1. The number of nitrogens with one attached hydrogen (secondary N) is 2. The molecule has 0 amide bonds. The molecule has 0 radical (unpaired) electrons. The third-order valence-corrected chi connectivity index (χ3v) is 4.14. The van der Waals surface area contributed by atoms with Crippen LogP contribution >= 0.6 is 0 Å². The number of hydrazone groups is 1. The first-order valence-corrected chi connectivity index (χ1v) is 8.08. The van der Waals surface area contributed by atoms with Crippen LogP contribution in [0.4, 0.5) is 11.6 Å². The van der Waals surface area contributed by atoms with E-state index in [4.69, 9.17) is 0 Å². The van der Waals surface area contributed by atoms with Crippen molar-refractivity contribution in [2.75, 3.05) is 5.43 Å². The molecule has 11 nitrogen and oxygen atoms in total. The van der Waals surface area contributed by atoms with Crippen molar-refractivity contribution in [1.82, 2.24) is 19.1 Å². The van der Waals surface area contributed by atoms with Crippen molar-refractivity contribution in [2.45, 2.75) is 20.4 Å². The molecule has 140 valence electrons. The van der Waals surface area contributed by atoms with Gasteiger partial charge in [0, 0.05) is 25.7 Å². The summed E-state index contributed by atoms with van der Waals surface area (Å²) in [6, 6.07) is 5.97. The molecule has 3 rings (SSSR count). The van der Waals surface area contributed by atoms with Gasteiger partial charge in [-0.25, -0.2) is 10.2 Å². The summed E-state index contributed by atoms with van der Waals surface area (Å²) in [6.07, 6.45) is 0. The van der Waals surface area contributed by atoms with Crippen molar-refractivity contribution in [3.05, 3.63) is 60.8 Å². The topological polar surface area (TPSA) is 140 Å². The second-order valence-electron chi connectivity index (χ2n) is 5.78. The van der Waals surface area contributed by atoms with Crippen molar-refractivity contribution in [3.63, 3.8) is 0 Å². The molecule has 0 aliphatic rings. The molecule has 0 aliphatic heterocycles. The minimum absolute atomic E-state index is 0.00701. The van der Waals surface area contributed by atoms with Crippen LogP contribution in [0, 0.1) is 10.1 Å². The Labute approximate surface area is 152 Å². The van der Waals surface area contributed by atoms with E-state index in [2.05, 4.69) is 20.5 Å². The Balaban J connectivity index is 1.99. The van der Waals surface area contributed by atoms with Crippen LogP contribution in [0.15, 0.2) is 39.0 Å². The lowest BCUT2D eigenvalue weighted by Crippen LogP contribution is -2.29. The van der Waals surface area contributed by atoms with Gasteiger partial charge in [-0.1, -0.05) is 0 Å². The van der Waals surface area contributed by atoms with Crippen LogP contribution in [0.1, 0.15) is 19.4 Å². The van der Waals surface area contributed by atoms with Gasteiger partial charge in [-0.05, 0) is 31.5 Å². The van der Waals surface area contributed by atoms with E-state index in [9.17, 15) is 19.7 Å². The zero-order valence-corrected chi connectivity index (χ0v) is 14.9. The standard InChI is InChI=1S/C16H17N7O4/c1-4-22-12-13(21(3)16(25)18-14(12)24)17-15(22)20-19-9(2)10-5-7-11(8-6-10)23(26)27/h5-8H,4H2,1-3H3,(H,17,20)(H,18,24,25). The Morgan fingerprint density at radius 3 is 2.59 bits per heavy atom. The molecule has 2 heterocycles. The van der Waals surface area contributed by atoms with E-state index < -0.39 is 16.2 Å². The average molecular weight is 371 g/mol. The number of hydrogen-bond acceptors (Lipinski definition) is 7. The van der Waals surface area contributed by atoms with Crippen LogP contribution in [0.5, 0.6) is 0 Å². The number of fused-ring (bicyclic) bond motifs is 1. The van der Waals surface area contributed by atoms with E-state index in [0.717, 1.165) is 0 Å². The number of nitrogens with zero attached hydrogens (tertiary/aromatic N) is 5. The number of nitro groups is 1. The van der Waals surface area contributed by atoms with Gasteiger partial charge in [0.25, 0.3) is 11.2 Å². The smallest absolute Gasteiger partial charge is 0.303 e. The number of rotatable bonds is 5. The first-order chi connectivity index (χ1) is 12.8. The van der Waals surface area contributed by atoms with Crippen LogP contribution in [0.3, 0.4) is 0 Å². The summed E-state index contributed by atoms with van der Waals surface area (Å²) in [5.41, 5.74) is 3.50. The molecule has 0 fully saturated rings. The fourth-order valence-corrected chi connectivity index (χ4v) is 2.65. The Bertz CT molecular complexity index is 1170. The van der Waals surface area contributed by atoms with E-state index in [1.807, 2.05) is 6.92 Å². The zero-order chi connectivity index (χ0) is 19.7. The third-order valence-electron chi connectivity index (χ3n) is 4.14. The van der Waals surface area contributed by atoms with Crippen molar-refractivity contribution in [3.8, 4) is 0 Å². The maximum atomic E-state index is 12.1. The van der Waals surface area contributed by atoms with Gasteiger partial charge in [0.05, 0.1) is 10.6 Å². The predicted octanol–water partition coefficient (Wildman–Crippen LogP) is 1.19. The third kappa shape index (κ3) is 3.21. The van der Waals surface area contributed by atoms with Gasteiger partial charge >= 0.3 is 5.69 Å². The molecule has 0 saturated carbocycles. The molecule has 11 heteroatoms. The Kier molecular flexibility index (Phi) is 4.59. The summed E-state index contributed by atoms with van der Waals surface area (Å²) >= 11 is 0. The number of aromatic amines is 1. The van der Waals surface area contributed by atoms with E-state index in [1.54, 1.807) is 23.6 Å². The number of aryl methyl sites for hydroxylation is 2. The lowest BCUT2D eigenvalue weighted by Gasteiger charge is -2.05. The second kappa shape index (κ2) is 6.86. The normalized spacial score (nSPS) is 11.7. The minimum Gasteiger partial charge on any atom is -0.303 e. The molecule has 0 atom stereocenters. The van der Waals surface area contributed by atoms with Crippen LogP contribution in [-0.2, 0) is 13.6 Å². The van der Waals surface area contributed by atoms with E-state index in [0.29, 0.717) is 23.8 Å². The first kappa shape index (κ1) is 18.0. The molecule has 0 bridgehead atoms. The minimum atomic E-state index is -0.551. The maximum absolute atomic E-state index is 12.1. The highest BCUT2D eigenvalue weighted by Gasteiger charge is 2.16. The summed E-state index contributed by atoms with van der Waals surface area (Å²) in [6.45, 7) is 4.01.